The van der Waals surface area contributed by atoms with Crippen LogP contribution in [0.25, 0.3) is 0 Å². The van der Waals surface area contributed by atoms with Gasteiger partial charge in [0.25, 0.3) is 0 Å². The zero-order valence-electron chi connectivity index (χ0n) is 11.4. The zero-order chi connectivity index (χ0) is 12.5. The van der Waals surface area contributed by atoms with Gasteiger partial charge in [-0.05, 0) is 38.6 Å². The van der Waals surface area contributed by atoms with E-state index < -0.39 is 0 Å². The first kappa shape index (κ1) is 12.4. The highest BCUT2D eigenvalue weighted by Gasteiger charge is 2.40. The molecule has 3 unspecified atom stereocenters. The molecule has 0 aromatic carbocycles. The molecule has 3 aliphatic rings. The maximum atomic E-state index is 12.1. The molecular weight excluding hydrogens is 226 g/mol. The summed E-state index contributed by atoms with van der Waals surface area (Å²) in [6, 6.07) is 1.24. The Morgan fingerprint density at radius 2 is 2.17 bits per heavy atom. The summed E-state index contributed by atoms with van der Waals surface area (Å²) in [6.45, 7) is 5.22. The van der Waals surface area contributed by atoms with Gasteiger partial charge in [0.05, 0.1) is 12.7 Å². The fourth-order valence-corrected chi connectivity index (χ4v) is 4.00. The van der Waals surface area contributed by atoms with Gasteiger partial charge in [-0.2, -0.15) is 0 Å². The smallest absolute Gasteiger partial charge is 0.238 e. The van der Waals surface area contributed by atoms with E-state index >= 15 is 0 Å². The number of amides is 1. The molecule has 3 saturated heterocycles. The summed E-state index contributed by atoms with van der Waals surface area (Å²) in [6.07, 6.45) is 7.60. The van der Waals surface area contributed by atoms with E-state index in [0.29, 0.717) is 24.7 Å². The number of hydrogen-bond acceptors (Lipinski definition) is 3. The molecule has 3 aliphatic heterocycles. The van der Waals surface area contributed by atoms with Gasteiger partial charge in [-0.15, -0.1) is 0 Å². The normalized spacial score (nSPS) is 37.3. The number of fused-ring (bicyclic) bond motifs is 1. The van der Waals surface area contributed by atoms with Crippen molar-refractivity contribution in [1.29, 1.82) is 0 Å². The van der Waals surface area contributed by atoms with Gasteiger partial charge in [0.1, 0.15) is 0 Å². The number of nitrogens with one attached hydrogen (secondary N) is 1. The van der Waals surface area contributed by atoms with Gasteiger partial charge in [0.2, 0.25) is 5.91 Å². The molecule has 3 rings (SSSR count). The van der Waals surface area contributed by atoms with Crippen LogP contribution in [0.1, 0.15) is 45.4 Å². The first-order chi connectivity index (χ1) is 8.79. The second kappa shape index (κ2) is 5.17. The van der Waals surface area contributed by atoms with Gasteiger partial charge < -0.3 is 9.80 Å². The number of hydrogen-bond donors (Lipinski definition) is 1. The van der Waals surface area contributed by atoms with Gasteiger partial charge >= 0.3 is 0 Å². The lowest BCUT2D eigenvalue weighted by Gasteiger charge is -2.41. The van der Waals surface area contributed by atoms with Crippen LogP contribution in [0.15, 0.2) is 0 Å². The second-order valence-corrected chi connectivity index (χ2v) is 6.00. The van der Waals surface area contributed by atoms with Crippen molar-refractivity contribution in [2.75, 3.05) is 19.6 Å². The number of carbonyl (C=O) groups excluding carboxylic acids is 1. The van der Waals surface area contributed by atoms with Crippen LogP contribution in [0.3, 0.4) is 0 Å². The van der Waals surface area contributed by atoms with Gasteiger partial charge in [-0.1, -0.05) is 13.3 Å². The molecular formula is C14H25N3O. The molecule has 0 radical (unpaired) electrons. The van der Waals surface area contributed by atoms with E-state index in [1.54, 1.807) is 0 Å². The van der Waals surface area contributed by atoms with Crippen molar-refractivity contribution in [2.45, 2.75) is 63.7 Å². The van der Waals surface area contributed by atoms with E-state index in [-0.39, 0.29) is 0 Å². The van der Waals surface area contributed by atoms with Crippen LogP contribution < -0.4 is 5.32 Å². The highest BCUT2D eigenvalue weighted by Crippen LogP contribution is 2.31. The molecule has 0 spiro atoms. The van der Waals surface area contributed by atoms with Crippen molar-refractivity contribution < 1.29 is 4.79 Å². The Morgan fingerprint density at radius 1 is 1.28 bits per heavy atom. The van der Waals surface area contributed by atoms with Crippen LogP contribution in [0, 0.1) is 0 Å². The molecule has 1 amide bonds. The number of piperidine rings is 1. The highest BCUT2D eigenvalue weighted by molar-refractivity contribution is 5.81. The standard InChI is InChI=1S/C14H25N3O/c1-2-4-13-15-10-14(18)17(13)12-6-8-16-7-3-5-11(16)9-12/h11-13,15H,2-10H2,1H3. The first-order valence-electron chi connectivity index (χ1n) is 7.58. The molecule has 0 saturated carbocycles. The van der Waals surface area contributed by atoms with Crippen LogP contribution in [-0.2, 0) is 4.79 Å². The Balaban J connectivity index is 1.67. The highest BCUT2D eigenvalue weighted by atomic mass is 16.2. The maximum Gasteiger partial charge on any atom is 0.238 e. The number of carbonyl (C=O) groups is 1. The molecule has 4 heteroatoms. The summed E-state index contributed by atoms with van der Waals surface area (Å²) >= 11 is 0. The summed E-state index contributed by atoms with van der Waals surface area (Å²) in [4.78, 5) is 16.9. The predicted octanol–water partition coefficient (Wildman–Crippen LogP) is 1.17. The Kier molecular flexibility index (Phi) is 3.57. The van der Waals surface area contributed by atoms with Crippen molar-refractivity contribution in [3.8, 4) is 0 Å². The lowest BCUT2D eigenvalue weighted by molar-refractivity contribution is -0.131. The van der Waals surface area contributed by atoms with Crippen LogP contribution >= 0.6 is 0 Å². The van der Waals surface area contributed by atoms with Crippen molar-refractivity contribution in [3.05, 3.63) is 0 Å². The average Bonchev–Trinajstić information content (AvgIpc) is 2.96. The van der Waals surface area contributed by atoms with E-state index in [2.05, 4.69) is 22.0 Å². The van der Waals surface area contributed by atoms with Gasteiger partial charge in [0, 0.05) is 18.6 Å². The number of nitrogens with zero attached hydrogens (tertiary/aromatic N) is 2. The third kappa shape index (κ3) is 2.16. The van der Waals surface area contributed by atoms with E-state index in [1.165, 1.54) is 38.8 Å². The van der Waals surface area contributed by atoms with Gasteiger partial charge in [-0.3, -0.25) is 10.1 Å². The Bertz CT molecular complexity index is 320. The SMILES string of the molecule is CCCC1NCC(=O)N1C1CCN2CCCC2C1. The molecule has 0 aromatic rings. The quantitative estimate of drug-likeness (QED) is 0.818. The van der Waals surface area contributed by atoms with Crippen LogP contribution in [0.5, 0.6) is 0 Å². The molecule has 4 nitrogen and oxygen atoms in total. The Morgan fingerprint density at radius 3 is 3.00 bits per heavy atom. The number of rotatable bonds is 3. The van der Waals surface area contributed by atoms with E-state index in [9.17, 15) is 4.79 Å². The van der Waals surface area contributed by atoms with Gasteiger partial charge in [0.15, 0.2) is 0 Å². The maximum absolute atomic E-state index is 12.1. The summed E-state index contributed by atoms with van der Waals surface area (Å²) in [5.41, 5.74) is 0. The molecule has 18 heavy (non-hydrogen) atoms. The van der Waals surface area contributed by atoms with Crippen molar-refractivity contribution >= 4 is 5.91 Å². The van der Waals surface area contributed by atoms with Crippen molar-refractivity contribution in [1.82, 2.24) is 15.1 Å². The van der Waals surface area contributed by atoms with Gasteiger partial charge in [-0.25, -0.2) is 0 Å². The topological polar surface area (TPSA) is 35.6 Å². The second-order valence-electron chi connectivity index (χ2n) is 6.00. The monoisotopic (exact) mass is 251 g/mol. The molecule has 3 heterocycles. The fraction of sp³-hybridized carbons (Fsp3) is 0.929. The molecule has 3 fully saturated rings. The van der Waals surface area contributed by atoms with Crippen molar-refractivity contribution in [3.63, 3.8) is 0 Å². The minimum Gasteiger partial charge on any atom is -0.323 e. The molecule has 0 aromatic heterocycles. The largest absolute Gasteiger partial charge is 0.323 e. The van der Waals surface area contributed by atoms with E-state index in [0.717, 1.165) is 18.9 Å². The molecule has 102 valence electrons. The lowest BCUT2D eigenvalue weighted by atomic mass is 9.95. The Hall–Kier alpha value is -0.610. The summed E-state index contributed by atoms with van der Waals surface area (Å²) in [5.74, 6) is 0.324. The van der Waals surface area contributed by atoms with Crippen molar-refractivity contribution in [2.24, 2.45) is 0 Å². The third-order valence-corrected chi connectivity index (χ3v) is 4.86. The average molecular weight is 251 g/mol. The minimum atomic E-state index is 0.306. The molecule has 0 aliphatic carbocycles. The summed E-state index contributed by atoms with van der Waals surface area (Å²) in [7, 11) is 0. The summed E-state index contributed by atoms with van der Waals surface area (Å²) < 4.78 is 0. The predicted molar refractivity (Wildman–Crippen MR) is 71.2 cm³/mol. The first-order valence-corrected chi connectivity index (χ1v) is 7.58. The third-order valence-electron chi connectivity index (χ3n) is 4.86. The molecule has 1 N–H and O–H groups in total. The zero-order valence-corrected chi connectivity index (χ0v) is 11.4. The summed E-state index contributed by atoms with van der Waals surface area (Å²) in [5, 5.41) is 3.38. The van der Waals surface area contributed by atoms with Crippen LogP contribution in [-0.4, -0.2) is 53.6 Å². The van der Waals surface area contributed by atoms with Crippen LogP contribution in [0.4, 0.5) is 0 Å². The minimum absolute atomic E-state index is 0.306. The lowest BCUT2D eigenvalue weighted by Crippen LogP contribution is -2.51. The van der Waals surface area contributed by atoms with E-state index in [1.807, 2.05) is 0 Å². The molecule has 0 bridgehead atoms. The molecule has 3 atom stereocenters. The Labute approximate surface area is 110 Å². The van der Waals surface area contributed by atoms with Crippen LogP contribution in [0.2, 0.25) is 0 Å². The fourth-order valence-electron chi connectivity index (χ4n) is 4.00. The van der Waals surface area contributed by atoms with E-state index in [4.69, 9.17) is 0 Å².